The van der Waals surface area contributed by atoms with Gasteiger partial charge in [0.15, 0.2) is 0 Å². The van der Waals surface area contributed by atoms with Crippen molar-refractivity contribution in [1.29, 1.82) is 0 Å². The second-order valence-electron chi connectivity index (χ2n) is 4.82. The summed E-state index contributed by atoms with van der Waals surface area (Å²) in [6.45, 7) is 0. The highest BCUT2D eigenvalue weighted by atomic mass is 79.9. The smallest absolute Gasteiger partial charge is 0.251 e. The van der Waals surface area contributed by atoms with Gasteiger partial charge in [0.25, 0.3) is 5.91 Å². The molecule has 0 saturated heterocycles. The van der Waals surface area contributed by atoms with Crippen molar-refractivity contribution < 1.29 is 4.79 Å². The molecule has 0 radical (unpaired) electrons. The molecule has 1 aromatic rings. The molecule has 0 heterocycles. The first-order chi connectivity index (χ1) is 8.65. The van der Waals surface area contributed by atoms with Gasteiger partial charge >= 0.3 is 0 Å². The Morgan fingerprint density at radius 2 is 1.56 bits per heavy atom. The minimum absolute atomic E-state index is 0.0314. The Balaban J connectivity index is 2.01. The van der Waals surface area contributed by atoms with E-state index in [0.29, 0.717) is 11.6 Å². The molecule has 2 nitrogen and oxygen atoms in total. The number of hydrogen-bond donors (Lipinski definition) is 1. The van der Waals surface area contributed by atoms with Crippen LogP contribution in [0.25, 0.3) is 0 Å². The molecule has 0 atom stereocenters. The summed E-state index contributed by atoms with van der Waals surface area (Å²) in [6, 6.07) is 5.99. The van der Waals surface area contributed by atoms with Crippen LogP contribution in [0, 0.1) is 0 Å². The number of carbonyl (C=O) groups is 1. The minimum Gasteiger partial charge on any atom is -0.349 e. The van der Waals surface area contributed by atoms with Crippen molar-refractivity contribution in [1.82, 2.24) is 5.32 Å². The maximum Gasteiger partial charge on any atom is 0.251 e. The van der Waals surface area contributed by atoms with Crippen LogP contribution in [0.1, 0.15) is 48.9 Å². The molecule has 0 bridgehead atoms. The Morgan fingerprint density at radius 3 is 2.11 bits per heavy atom. The third-order valence-corrected chi connectivity index (χ3v) is 4.23. The van der Waals surface area contributed by atoms with Gasteiger partial charge in [-0.05, 0) is 31.0 Å². The van der Waals surface area contributed by atoms with Crippen molar-refractivity contribution in [2.75, 3.05) is 0 Å². The lowest BCUT2D eigenvalue weighted by atomic mass is 10.1. The van der Waals surface area contributed by atoms with Crippen LogP contribution in [0.4, 0.5) is 0 Å². The first kappa shape index (κ1) is 14.1. The molecule has 0 aromatic heterocycles. The zero-order valence-electron chi connectivity index (χ0n) is 10.2. The van der Waals surface area contributed by atoms with E-state index >= 15 is 0 Å². The lowest BCUT2D eigenvalue weighted by Gasteiger charge is -2.16. The maximum absolute atomic E-state index is 12.2. The summed E-state index contributed by atoms with van der Waals surface area (Å²) in [5.74, 6) is 0.0314. The van der Waals surface area contributed by atoms with E-state index in [1.807, 2.05) is 18.2 Å². The first-order valence-electron chi connectivity index (χ1n) is 6.42. The predicted octanol–water partition coefficient (Wildman–Crippen LogP) is 4.66. The lowest BCUT2D eigenvalue weighted by molar-refractivity contribution is 0.0933. The van der Waals surface area contributed by atoms with Crippen molar-refractivity contribution in [2.45, 2.75) is 44.6 Å². The van der Waals surface area contributed by atoms with Crippen molar-refractivity contribution in [2.24, 2.45) is 0 Å². The molecule has 1 saturated carbocycles. The van der Waals surface area contributed by atoms with Crippen molar-refractivity contribution in [3.8, 4) is 0 Å². The average Bonchev–Trinajstić information content (AvgIpc) is 2.56. The van der Waals surface area contributed by atoms with Gasteiger partial charge < -0.3 is 5.32 Å². The number of benzene rings is 1. The van der Waals surface area contributed by atoms with E-state index in [1.54, 1.807) is 0 Å². The van der Waals surface area contributed by atoms with E-state index in [4.69, 9.17) is 0 Å². The number of halogens is 2. The van der Waals surface area contributed by atoms with Crippen LogP contribution in [-0.4, -0.2) is 11.9 Å². The van der Waals surface area contributed by atoms with Crippen LogP contribution in [0.2, 0.25) is 0 Å². The van der Waals surface area contributed by atoms with E-state index in [1.165, 1.54) is 25.7 Å². The van der Waals surface area contributed by atoms with Gasteiger partial charge in [-0.25, -0.2) is 0 Å². The zero-order valence-corrected chi connectivity index (χ0v) is 13.4. The standard InChI is InChI=1S/C14H17Br2NO/c15-11-7-10(8-12(16)9-11)14(18)17-13-5-3-1-2-4-6-13/h7-9,13H,1-6H2,(H,17,18). The van der Waals surface area contributed by atoms with Crippen LogP contribution in [0.5, 0.6) is 0 Å². The molecule has 0 unspecified atom stereocenters. The molecule has 1 amide bonds. The highest BCUT2D eigenvalue weighted by molar-refractivity contribution is 9.11. The van der Waals surface area contributed by atoms with Gasteiger partial charge in [0.1, 0.15) is 0 Å². The van der Waals surface area contributed by atoms with Crippen LogP contribution in [0.3, 0.4) is 0 Å². The van der Waals surface area contributed by atoms with Gasteiger partial charge in [0, 0.05) is 20.6 Å². The van der Waals surface area contributed by atoms with E-state index in [9.17, 15) is 4.79 Å². The highest BCUT2D eigenvalue weighted by Crippen LogP contribution is 2.21. The molecule has 1 N–H and O–H groups in total. The fraction of sp³-hybridized carbons (Fsp3) is 0.500. The summed E-state index contributed by atoms with van der Waals surface area (Å²) >= 11 is 6.82. The minimum atomic E-state index is 0.0314. The summed E-state index contributed by atoms with van der Waals surface area (Å²) in [7, 11) is 0. The average molecular weight is 375 g/mol. The number of nitrogens with one attached hydrogen (secondary N) is 1. The third-order valence-electron chi connectivity index (χ3n) is 3.32. The summed E-state index contributed by atoms with van der Waals surface area (Å²) in [5.41, 5.74) is 0.709. The molecule has 0 aliphatic heterocycles. The fourth-order valence-electron chi connectivity index (χ4n) is 2.38. The van der Waals surface area contributed by atoms with Gasteiger partial charge in [0.2, 0.25) is 0 Å². The molecule has 1 aliphatic rings. The summed E-state index contributed by atoms with van der Waals surface area (Å²) < 4.78 is 1.84. The van der Waals surface area contributed by atoms with Crippen molar-refractivity contribution in [3.05, 3.63) is 32.7 Å². The van der Waals surface area contributed by atoms with Gasteiger partial charge in [-0.1, -0.05) is 57.5 Å². The van der Waals surface area contributed by atoms with E-state index < -0.39 is 0 Å². The van der Waals surface area contributed by atoms with Crippen LogP contribution in [-0.2, 0) is 0 Å². The first-order valence-corrected chi connectivity index (χ1v) is 8.01. The quantitative estimate of drug-likeness (QED) is 0.749. The third kappa shape index (κ3) is 4.09. The molecule has 18 heavy (non-hydrogen) atoms. The SMILES string of the molecule is O=C(NC1CCCCCC1)c1cc(Br)cc(Br)c1. The lowest BCUT2D eigenvalue weighted by Crippen LogP contribution is -2.34. The van der Waals surface area contributed by atoms with Gasteiger partial charge in [0.05, 0.1) is 0 Å². The summed E-state index contributed by atoms with van der Waals surface area (Å²) in [4.78, 5) is 12.2. The van der Waals surface area contributed by atoms with Gasteiger partial charge in [-0.3, -0.25) is 4.79 Å². The Kier molecular flexibility index (Phi) is 5.25. The fourth-order valence-corrected chi connectivity index (χ4v) is 3.67. The molecule has 98 valence electrons. The number of hydrogen-bond acceptors (Lipinski definition) is 1. The molecule has 1 aromatic carbocycles. The summed E-state index contributed by atoms with van der Waals surface area (Å²) in [6.07, 6.45) is 7.28. The maximum atomic E-state index is 12.2. The normalized spacial score (nSPS) is 17.2. The monoisotopic (exact) mass is 373 g/mol. The summed E-state index contributed by atoms with van der Waals surface area (Å²) in [5, 5.41) is 3.15. The van der Waals surface area contributed by atoms with Crippen molar-refractivity contribution in [3.63, 3.8) is 0 Å². The molecular formula is C14H17Br2NO. The Labute approximate surface area is 125 Å². The Hall–Kier alpha value is -0.350. The zero-order chi connectivity index (χ0) is 13.0. The second kappa shape index (κ2) is 6.71. The molecule has 0 spiro atoms. The number of amides is 1. The Bertz CT molecular complexity index is 406. The van der Waals surface area contributed by atoms with Crippen molar-refractivity contribution >= 4 is 37.8 Å². The molecule has 1 fully saturated rings. The topological polar surface area (TPSA) is 29.1 Å². The number of rotatable bonds is 2. The van der Waals surface area contributed by atoms with Crippen LogP contribution >= 0.6 is 31.9 Å². The Morgan fingerprint density at radius 1 is 1.00 bits per heavy atom. The van der Waals surface area contributed by atoms with E-state index in [2.05, 4.69) is 37.2 Å². The van der Waals surface area contributed by atoms with Crippen LogP contribution in [0.15, 0.2) is 27.1 Å². The number of carbonyl (C=O) groups excluding carboxylic acids is 1. The molecule has 2 rings (SSSR count). The highest BCUT2D eigenvalue weighted by Gasteiger charge is 2.16. The largest absolute Gasteiger partial charge is 0.349 e. The van der Waals surface area contributed by atoms with E-state index in [-0.39, 0.29) is 5.91 Å². The van der Waals surface area contributed by atoms with Gasteiger partial charge in [-0.15, -0.1) is 0 Å². The molecular weight excluding hydrogens is 358 g/mol. The van der Waals surface area contributed by atoms with E-state index in [0.717, 1.165) is 21.8 Å². The van der Waals surface area contributed by atoms with Gasteiger partial charge in [-0.2, -0.15) is 0 Å². The molecule has 4 heteroatoms. The molecule has 1 aliphatic carbocycles. The van der Waals surface area contributed by atoms with Crippen LogP contribution < -0.4 is 5.32 Å². The predicted molar refractivity (Wildman–Crippen MR) is 80.8 cm³/mol. The second-order valence-corrected chi connectivity index (χ2v) is 6.65.